The van der Waals surface area contributed by atoms with Crippen LogP contribution in [0.1, 0.15) is 80.1 Å². The van der Waals surface area contributed by atoms with E-state index in [1.807, 2.05) is 36.4 Å². The van der Waals surface area contributed by atoms with Crippen molar-refractivity contribution in [1.82, 2.24) is 15.5 Å². The van der Waals surface area contributed by atoms with Crippen LogP contribution in [0.2, 0.25) is 0 Å². The molecular formula is C34H44N4O7. The van der Waals surface area contributed by atoms with Crippen LogP contribution < -0.4 is 16.4 Å². The Bertz CT molecular complexity index is 1310. The van der Waals surface area contributed by atoms with Crippen LogP contribution in [0, 0.1) is 0 Å². The van der Waals surface area contributed by atoms with Gasteiger partial charge in [0.2, 0.25) is 17.7 Å². The van der Waals surface area contributed by atoms with Crippen LogP contribution >= 0.6 is 0 Å². The van der Waals surface area contributed by atoms with Gasteiger partial charge in [0.15, 0.2) is 0 Å². The molecule has 1 aliphatic heterocycles. The van der Waals surface area contributed by atoms with Crippen molar-refractivity contribution >= 4 is 29.7 Å². The average Bonchev–Trinajstić information content (AvgIpc) is 3.56. The molecule has 0 bridgehead atoms. The number of unbranched alkanes of at least 4 members (excludes halogenated alkanes) is 1. The van der Waals surface area contributed by atoms with Crippen LogP contribution in [-0.4, -0.2) is 76.5 Å². The second-order valence-corrected chi connectivity index (χ2v) is 12.0. The molecule has 0 radical (unpaired) electrons. The summed E-state index contributed by atoms with van der Waals surface area (Å²) in [5.74, 6) is -2.83. The second kappa shape index (κ2) is 16.2. The fourth-order valence-electron chi connectivity index (χ4n) is 6.15. The van der Waals surface area contributed by atoms with Gasteiger partial charge in [-0.05, 0) is 62.6 Å². The van der Waals surface area contributed by atoms with E-state index in [0.717, 1.165) is 24.8 Å². The second-order valence-electron chi connectivity index (χ2n) is 12.0. The fraction of sp³-hybridized carbons (Fsp3) is 0.500. The van der Waals surface area contributed by atoms with Crippen LogP contribution in [0.4, 0.5) is 0 Å². The normalized spacial score (nSPS) is 18.8. The van der Waals surface area contributed by atoms with Gasteiger partial charge in [0.25, 0.3) is 0 Å². The molecule has 0 spiro atoms. The molecule has 5 N–H and O–H groups in total. The molecule has 242 valence electrons. The van der Waals surface area contributed by atoms with Crippen molar-refractivity contribution in [1.29, 1.82) is 0 Å². The summed E-state index contributed by atoms with van der Waals surface area (Å²) < 4.78 is 5.30. The van der Waals surface area contributed by atoms with Gasteiger partial charge in [-0.15, -0.1) is 0 Å². The number of nitrogens with one attached hydrogen (secondary N) is 2. The SMILES string of the molecule is N[C@@H](CCCCOC(=O)c1ccccc1)C(=O)NC1(C(=O)N[C@@H](Cc2ccccc2)C(=O)N2CCC[C@@H]2C(=O)O)CCCCC1. The Morgan fingerprint density at radius 3 is 2.27 bits per heavy atom. The maximum Gasteiger partial charge on any atom is 0.338 e. The maximum atomic E-state index is 14.0. The Morgan fingerprint density at radius 2 is 1.60 bits per heavy atom. The molecule has 11 nitrogen and oxygen atoms in total. The third-order valence-electron chi connectivity index (χ3n) is 8.70. The summed E-state index contributed by atoms with van der Waals surface area (Å²) in [5, 5.41) is 15.5. The van der Waals surface area contributed by atoms with E-state index in [1.54, 1.807) is 24.3 Å². The third-order valence-corrected chi connectivity index (χ3v) is 8.70. The van der Waals surface area contributed by atoms with E-state index >= 15 is 0 Å². The number of carbonyl (C=O) groups excluding carboxylic acids is 4. The van der Waals surface area contributed by atoms with Crippen molar-refractivity contribution < 1.29 is 33.8 Å². The molecule has 2 aromatic carbocycles. The molecule has 0 unspecified atom stereocenters. The molecule has 0 aromatic heterocycles. The van der Waals surface area contributed by atoms with E-state index in [1.165, 1.54) is 4.90 Å². The standard InChI is InChI=1S/C34H44N4O7/c35-26(17-8-11-22-45-32(43)25-15-6-2-7-16-25)29(39)37-34(19-9-3-10-20-34)33(44)36-27(23-24-13-4-1-5-14-24)30(40)38-21-12-18-28(38)31(41)42/h1-2,4-7,13-16,26-28H,3,8-12,17-23,35H2,(H,36,44)(H,37,39)(H,41,42)/t26-,27-,28+/m0/s1. The van der Waals surface area contributed by atoms with Gasteiger partial charge in [-0.3, -0.25) is 14.4 Å². The molecule has 2 aromatic rings. The number of rotatable bonds is 14. The number of esters is 1. The van der Waals surface area contributed by atoms with E-state index in [4.69, 9.17) is 10.5 Å². The largest absolute Gasteiger partial charge is 0.480 e. The molecule has 1 saturated heterocycles. The van der Waals surface area contributed by atoms with Gasteiger partial charge in [-0.1, -0.05) is 67.8 Å². The lowest BCUT2D eigenvalue weighted by molar-refractivity contribution is -0.149. The Balaban J connectivity index is 1.38. The first-order valence-corrected chi connectivity index (χ1v) is 15.9. The lowest BCUT2D eigenvalue weighted by Crippen LogP contribution is -2.65. The highest BCUT2D eigenvalue weighted by Crippen LogP contribution is 2.29. The number of nitrogens with zero attached hydrogens (tertiary/aromatic N) is 1. The van der Waals surface area contributed by atoms with E-state index < -0.39 is 53.3 Å². The lowest BCUT2D eigenvalue weighted by atomic mass is 9.80. The lowest BCUT2D eigenvalue weighted by Gasteiger charge is -2.38. The zero-order chi connectivity index (χ0) is 32.2. The van der Waals surface area contributed by atoms with Gasteiger partial charge < -0.3 is 31.1 Å². The summed E-state index contributed by atoms with van der Waals surface area (Å²) >= 11 is 0. The first kappa shape index (κ1) is 33.6. The number of hydrogen-bond acceptors (Lipinski definition) is 7. The first-order chi connectivity index (χ1) is 21.7. The summed E-state index contributed by atoms with van der Waals surface area (Å²) in [6.45, 7) is 0.504. The third kappa shape index (κ3) is 9.13. The van der Waals surface area contributed by atoms with E-state index in [-0.39, 0.29) is 13.0 Å². The molecule has 3 amide bonds. The molecule has 1 saturated carbocycles. The fourth-order valence-corrected chi connectivity index (χ4v) is 6.15. The summed E-state index contributed by atoms with van der Waals surface area (Å²) in [7, 11) is 0. The summed E-state index contributed by atoms with van der Waals surface area (Å²) in [6.07, 6.45) is 5.70. The quantitative estimate of drug-likeness (QED) is 0.185. The van der Waals surface area contributed by atoms with Crippen molar-refractivity contribution in [2.24, 2.45) is 5.73 Å². The van der Waals surface area contributed by atoms with E-state index in [0.29, 0.717) is 57.1 Å². The van der Waals surface area contributed by atoms with Crippen molar-refractivity contribution in [3.05, 3.63) is 71.8 Å². The van der Waals surface area contributed by atoms with Crippen molar-refractivity contribution in [3.63, 3.8) is 0 Å². The highest BCUT2D eigenvalue weighted by Gasteiger charge is 2.44. The highest BCUT2D eigenvalue weighted by molar-refractivity contribution is 5.97. The smallest absolute Gasteiger partial charge is 0.338 e. The summed E-state index contributed by atoms with van der Waals surface area (Å²) in [6, 6.07) is 15.1. The number of carbonyl (C=O) groups is 5. The molecule has 3 atom stereocenters. The van der Waals surface area contributed by atoms with Gasteiger partial charge in [0.1, 0.15) is 17.6 Å². The van der Waals surface area contributed by atoms with Crippen LogP contribution in [0.5, 0.6) is 0 Å². The summed E-state index contributed by atoms with van der Waals surface area (Å²) in [4.78, 5) is 66.3. The number of nitrogens with two attached hydrogens (primary N) is 1. The maximum absolute atomic E-state index is 14.0. The minimum Gasteiger partial charge on any atom is -0.480 e. The minimum atomic E-state index is -1.23. The monoisotopic (exact) mass is 620 g/mol. The predicted octanol–water partition coefficient (Wildman–Crippen LogP) is 2.96. The Morgan fingerprint density at radius 1 is 0.933 bits per heavy atom. The van der Waals surface area contributed by atoms with E-state index in [9.17, 15) is 29.1 Å². The van der Waals surface area contributed by atoms with Crippen molar-refractivity contribution in [2.75, 3.05) is 13.2 Å². The van der Waals surface area contributed by atoms with Crippen molar-refractivity contribution in [2.45, 2.75) is 94.3 Å². The minimum absolute atomic E-state index is 0.187. The Kier molecular flexibility index (Phi) is 12.1. The number of hydrogen-bond donors (Lipinski definition) is 4. The molecule has 2 aliphatic rings. The van der Waals surface area contributed by atoms with E-state index in [2.05, 4.69) is 10.6 Å². The topological polar surface area (TPSA) is 168 Å². The van der Waals surface area contributed by atoms with Crippen LogP contribution in [0.25, 0.3) is 0 Å². The molecule has 45 heavy (non-hydrogen) atoms. The highest BCUT2D eigenvalue weighted by atomic mass is 16.5. The zero-order valence-corrected chi connectivity index (χ0v) is 25.6. The average molecular weight is 621 g/mol. The van der Waals surface area contributed by atoms with Gasteiger partial charge in [0.05, 0.1) is 18.2 Å². The van der Waals surface area contributed by atoms with Crippen molar-refractivity contribution in [3.8, 4) is 0 Å². The number of carboxylic acids is 1. The Hall–Kier alpha value is -4.25. The number of benzene rings is 2. The molecule has 4 rings (SSSR count). The molecule has 1 aliphatic carbocycles. The molecular weight excluding hydrogens is 576 g/mol. The number of amides is 3. The van der Waals surface area contributed by atoms with Crippen LogP contribution in [0.15, 0.2) is 60.7 Å². The Labute approximate surface area is 263 Å². The van der Waals surface area contributed by atoms with Gasteiger partial charge in [-0.2, -0.15) is 0 Å². The first-order valence-electron chi connectivity index (χ1n) is 15.9. The number of ether oxygens (including phenoxy) is 1. The predicted molar refractivity (Wildman–Crippen MR) is 167 cm³/mol. The van der Waals surface area contributed by atoms with Gasteiger partial charge in [-0.25, -0.2) is 9.59 Å². The van der Waals surface area contributed by atoms with Gasteiger partial charge in [0, 0.05) is 13.0 Å². The number of aliphatic carboxylic acids is 1. The van der Waals surface area contributed by atoms with Gasteiger partial charge >= 0.3 is 11.9 Å². The van der Waals surface area contributed by atoms with Crippen LogP contribution in [0.3, 0.4) is 0 Å². The zero-order valence-electron chi connectivity index (χ0n) is 25.6. The van der Waals surface area contributed by atoms with Crippen LogP contribution in [-0.2, 0) is 30.3 Å². The molecule has 11 heteroatoms. The molecule has 1 heterocycles. The molecule has 2 fully saturated rings. The number of carboxylic acid groups (broad SMARTS) is 1. The summed E-state index contributed by atoms with van der Waals surface area (Å²) in [5.41, 5.74) is 6.30. The number of likely N-dealkylation sites (tertiary alicyclic amines) is 1.